The summed E-state index contributed by atoms with van der Waals surface area (Å²) in [5.74, 6) is -1.49. The van der Waals surface area contributed by atoms with Crippen molar-refractivity contribution in [2.24, 2.45) is 29.1 Å². The number of piperidine rings is 1. The molecule has 1 aromatic heterocycles. The number of hydrogen-bond acceptors (Lipinski definition) is 10. The molecule has 6 aliphatic rings. The molecule has 2 unspecified atom stereocenters. The molecule has 7 bridgehead atoms. The van der Waals surface area contributed by atoms with Crippen molar-refractivity contribution in [3.63, 3.8) is 0 Å². The first kappa shape index (κ1) is 35.8. The van der Waals surface area contributed by atoms with E-state index in [0.717, 1.165) is 5.56 Å². The zero-order chi connectivity index (χ0) is 36.8. The van der Waals surface area contributed by atoms with E-state index in [-0.39, 0.29) is 53.4 Å². The fourth-order valence-electron chi connectivity index (χ4n) is 12.7. The number of carbonyl (C=O) groups excluding carboxylic acids is 2. The van der Waals surface area contributed by atoms with Crippen LogP contribution >= 0.6 is 0 Å². The minimum Gasteiger partial charge on any atom is -0.454 e. The van der Waals surface area contributed by atoms with Gasteiger partial charge < -0.3 is 34.5 Å². The highest BCUT2D eigenvalue weighted by atomic mass is 16.6. The van der Waals surface area contributed by atoms with E-state index < -0.39 is 34.3 Å². The number of likely N-dealkylation sites (tertiary alicyclic amines) is 1. The fourth-order valence-corrected chi connectivity index (χ4v) is 12.7. The Morgan fingerprint density at radius 3 is 2.58 bits per heavy atom. The van der Waals surface area contributed by atoms with Crippen LogP contribution in [0.25, 0.3) is 6.08 Å². The number of hydrogen-bond donors (Lipinski definition) is 3. The van der Waals surface area contributed by atoms with Crippen LogP contribution in [0.4, 0.5) is 5.69 Å². The number of amides is 1. The molecule has 1 spiro atoms. The molecule has 1 amide bonds. The standard InChI is InChI=1S/C41H53N3O8/c1-7-44-22-38(52-37(46)26-10-8-9-11-29(26)43-34(45)13-12-25-18-24(23(2)3)15-17-42-25)16-14-33(50-5)40-31(38)20-28(35(40)44)39(47)21-30(49-4)27-19-32(40)41(39,48)36(27)51-6/h8-13,15,17-18,23,27-28,30-33,35-36,47-48H,7,14,16,19-22H2,1-6H3,(H,43,45)/b13-12+/t27-,28-,30+,31-,32+,33+,35?,36?,38-,39+,40+,41+/m1/s1. The van der Waals surface area contributed by atoms with E-state index in [1.807, 2.05) is 12.1 Å². The highest BCUT2D eigenvalue weighted by Gasteiger charge is 2.89. The van der Waals surface area contributed by atoms with Crippen molar-refractivity contribution in [3.05, 3.63) is 65.5 Å². The Kier molecular flexibility index (Phi) is 8.75. The van der Waals surface area contributed by atoms with E-state index in [9.17, 15) is 19.8 Å². The smallest absolute Gasteiger partial charge is 0.340 e. The summed E-state index contributed by atoms with van der Waals surface area (Å²) in [7, 11) is 5.06. The van der Waals surface area contributed by atoms with Gasteiger partial charge in [0.05, 0.1) is 35.3 Å². The Morgan fingerprint density at radius 1 is 1.08 bits per heavy atom. The van der Waals surface area contributed by atoms with Gasteiger partial charge in [0.1, 0.15) is 16.8 Å². The molecule has 2 heterocycles. The number of fused-ring (bicyclic) bond motifs is 2. The minimum atomic E-state index is -1.51. The first-order chi connectivity index (χ1) is 24.9. The van der Waals surface area contributed by atoms with E-state index in [4.69, 9.17) is 18.9 Å². The van der Waals surface area contributed by atoms with Gasteiger partial charge in [0, 0.05) is 81.7 Å². The lowest BCUT2D eigenvalue weighted by molar-refractivity contribution is -0.337. The SMILES string of the molecule is CCN1C[C@]2(OC(=O)c3ccccc3NC(=O)/C=C/c3cc(C(C)C)ccn3)CC[C@H](OC)[C@]34C1[C@@H](C[C@H]23)[C@@]1(O)C[C@H](OC)[C@H]2C[C@@H]4[C@]1(O)C2OC. The minimum absolute atomic E-state index is 0.0733. The zero-order valence-electron chi connectivity index (χ0n) is 31.1. The number of nitrogens with zero attached hydrogens (tertiary/aromatic N) is 2. The van der Waals surface area contributed by atoms with Crippen LogP contribution in [0.5, 0.6) is 0 Å². The van der Waals surface area contributed by atoms with Crippen molar-refractivity contribution < 1.29 is 38.7 Å². The molecular weight excluding hydrogens is 662 g/mol. The number of rotatable bonds is 10. The number of aliphatic hydroxyl groups is 2. The lowest BCUT2D eigenvalue weighted by Crippen LogP contribution is -2.83. The van der Waals surface area contributed by atoms with E-state index in [1.54, 1.807) is 57.9 Å². The summed E-state index contributed by atoms with van der Waals surface area (Å²) >= 11 is 0. The maximum atomic E-state index is 14.5. The van der Waals surface area contributed by atoms with Gasteiger partial charge >= 0.3 is 5.97 Å². The fraction of sp³-hybridized carbons (Fsp3) is 0.634. The predicted octanol–water partition coefficient (Wildman–Crippen LogP) is 4.43. The number of benzene rings is 1. The average Bonchev–Trinajstić information content (AvgIpc) is 3.57. The van der Waals surface area contributed by atoms with Crippen LogP contribution in [-0.2, 0) is 23.7 Å². The third-order valence-corrected chi connectivity index (χ3v) is 14.5. The number of para-hydroxylation sites is 1. The molecule has 1 aromatic carbocycles. The third kappa shape index (κ3) is 4.68. The summed E-state index contributed by atoms with van der Waals surface area (Å²) in [5.41, 5.74) is -2.03. The van der Waals surface area contributed by atoms with Crippen molar-refractivity contribution in [1.29, 1.82) is 0 Å². The largest absolute Gasteiger partial charge is 0.454 e. The quantitative estimate of drug-likeness (QED) is 0.239. The molecule has 11 nitrogen and oxygen atoms in total. The summed E-state index contributed by atoms with van der Waals surface area (Å²) in [6, 6.07) is 10.8. The second kappa shape index (κ2) is 12.7. The Labute approximate surface area is 306 Å². The molecule has 280 valence electrons. The van der Waals surface area contributed by atoms with E-state index >= 15 is 0 Å². The van der Waals surface area contributed by atoms with Crippen molar-refractivity contribution in [3.8, 4) is 0 Å². The highest BCUT2D eigenvalue weighted by Crippen LogP contribution is 2.79. The topological polar surface area (TPSA) is 140 Å². The summed E-state index contributed by atoms with van der Waals surface area (Å²) < 4.78 is 25.3. The summed E-state index contributed by atoms with van der Waals surface area (Å²) in [5, 5.41) is 28.9. The van der Waals surface area contributed by atoms with Gasteiger partial charge in [-0.2, -0.15) is 0 Å². The van der Waals surface area contributed by atoms with Crippen LogP contribution in [-0.4, -0.2) is 108 Å². The molecule has 5 saturated carbocycles. The van der Waals surface area contributed by atoms with Gasteiger partial charge in [-0.3, -0.25) is 14.7 Å². The molecule has 0 radical (unpaired) electrons. The molecule has 12 atom stereocenters. The molecule has 1 saturated heterocycles. The molecule has 1 aliphatic heterocycles. The molecule has 8 rings (SSSR count). The Morgan fingerprint density at radius 2 is 1.87 bits per heavy atom. The van der Waals surface area contributed by atoms with Crippen molar-refractivity contribution in [1.82, 2.24) is 9.88 Å². The number of methoxy groups -OCH3 is 3. The summed E-state index contributed by atoms with van der Waals surface area (Å²) in [4.78, 5) is 34.4. The highest BCUT2D eigenvalue weighted by molar-refractivity contribution is 6.06. The number of likely N-dealkylation sites (N-methyl/N-ethyl adjacent to an activating group) is 1. The molecule has 6 fully saturated rings. The Hall–Kier alpha value is -3.19. The molecular formula is C41H53N3O8. The molecule has 11 heteroatoms. The number of ether oxygens (including phenoxy) is 4. The maximum absolute atomic E-state index is 14.5. The molecule has 52 heavy (non-hydrogen) atoms. The number of aromatic nitrogens is 1. The van der Waals surface area contributed by atoms with Gasteiger partial charge in [0.25, 0.3) is 0 Å². The van der Waals surface area contributed by atoms with Crippen LogP contribution in [0.15, 0.2) is 48.7 Å². The maximum Gasteiger partial charge on any atom is 0.340 e. The van der Waals surface area contributed by atoms with Gasteiger partial charge in [-0.1, -0.05) is 32.9 Å². The average molecular weight is 716 g/mol. The predicted molar refractivity (Wildman–Crippen MR) is 193 cm³/mol. The van der Waals surface area contributed by atoms with Crippen LogP contribution in [0.1, 0.15) is 80.4 Å². The Bertz CT molecular complexity index is 1770. The summed E-state index contributed by atoms with van der Waals surface area (Å²) in [6.45, 7) is 7.53. The van der Waals surface area contributed by atoms with E-state index in [2.05, 4.69) is 36.0 Å². The lowest BCUT2D eigenvalue weighted by Gasteiger charge is -2.70. The summed E-state index contributed by atoms with van der Waals surface area (Å²) in [6.07, 6.45) is 6.53. The van der Waals surface area contributed by atoms with Crippen molar-refractivity contribution >= 4 is 23.6 Å². The monoisotopic (exact) mass is 715 g/mol. The van der Waals surface area contributed by atoms with Crippen molar-refractivity contribution in [2.75, 3.05) is 39.7 Å². The van der Waals surface area contributed by atoms with Crippen LogP contribution in [0, 0.1) is 29.1 Å². The first-order valence-corrected chi connectivity index (χ1v) is 19.0. The number of pyridine rings is 1. The van der Waals surface area contributed by atoms with Crippen molar-refractivity contribution in [2.45, 2.75) is 100.0 Å². The van der Waals surface area contributed by atoms with Crippen LogP contribution in [0.2, 0.25) is 0 Å². The van der Waals surface area contributed by atoms with Gasteiger partial charge in [0.15, 0.2) is 0 Å². The third-order valence-electron chi connectivity index (χ3n) is 14.5. The van der Waals surface area contributed by atoms with E-state index in [0.29, 0.717) is 62.5 Å². The van der Waals surface area contributed by atoms with Crippen LogP contribution in [0.3, 0.4) is 0 Å². The Balaban J connectivity index is 1.13. The van der Waals surface area contributed by atoms with Gasteiger partial charge in [-0.25, -0.2) is 4.79 Å². The van der Waals surface area contributed by atoms with Crippen LogP contribution < -0.4 is 5.32 Å². The lowest BCUT2D eigenvalue weighted by atomic mass is 9.44. The second-order valence-electron chi connectivity index (χ2n) is 16.5. The number of anilines is 1. The number of esters is 1. The zero-order valence-corrected chi connectivity index (χ0v) is 31.1. The number of nitrogens with one attached hydrogen (secondary N) is 1. The second-order valence-corrected chi connectivity index (χ2v) is 16.5. The molecule has 5 aliphatic carbocycles. The number of carbonyl (C=O) groups is 2. The van der Waals surface area contributed by atoms with Gasteiger partial charge in [-0.05, 0) is 74.1 Å². The van der Waals surface area contributed by atoms with E-state index in [1.165, 1.54) is 6.08 Å². The van der Waals surface area contributed by atoms with Gasteiger partial charge in [0.2, 0.25) is 5.91 Å². The first-order valence-electron chi connectivity index (χ1n) is 19.0. The molecule has 2 aromatic rings. The normalized spacial score (nSPS) is 41.4. The molecule has 3 N–H and O–H groups in total. The van der Waals surface area contributed by atoms with Gasteiger partial charge in [-0.15, -0.1) is 0 Å².